The van der Waals surface area contributed by atoms with E-state index >= 15 is 0 Å². The standard InChI is InChI=1S/C6H12BrN3/c1-3-6-9(7)5-8-10(6)4-2/h5-6H,3-4H2,1-2H3. The van der Waals surface area contributed by atoms with Crippen LogP contribution in [0.2, 0.25) is 0 Å². The van der Waals surface area contributed by atoms with Gasteiger partial charge in [0.25, 0.3) is 0 Å². The van der Waals surface area contributed by atoms with Crippen LogP contribution in [0.1, 0.15) is 20.3 Å². The molecule has 0 aromatic heterocycles. The van der Waals surface area contributed by atoms with E-state index in [0.717, 1.165) is 13.0 Å². The van der Waals surface area contributed by atoms with E-state index in [2.05, 4.69) is 40.1 Å². The average molecular weight is 206 g/mol. The van der Waals surface area contributed by atoms with Gasteiger partial charge < -0.3 is 0 Å². The van der Waals surface area contributed by atoms with Gasteiger partial charge in [-0.25, -0.2) is 0 Å². The molecule has 0 saturated carbocycles. The highest BCUT2D eigenvalue weighted by Gasteiger charge is 2.22. The summed E-state index contributed by atoms with van der Waals surface area (Å²) < 4.78 is 1.95. The highest BCUT2D eigenvalue weighted by Crippen LogP contribution is 2.17. The van der Waals surface area contributed by atoms with E-state index in [0.29, 0.717) is 6.17 Å². The molecule has 1 rings (SSSR count). The minimum Gasteiger partial charge on any atom is -0.274 e. The van der Waals surface area contributed by atoms with Crippen LogP contribution in [0.4, 0.5) is 0 Å². The first kappa shape index (κ1) is 7.85. The van der Waals surface area contributed by atoms with Gasteiger partial charge in [0.15, 0.2) is 0 Å². The van der Waals surface area contributed by atoms with Crippen molar-refractivity contribution in [2.75, 3.05) is 6.54 Å². The fraction of sp³-hybridized carbons (Fsp3) is 0.833. The van der Waals surface area contributed by atoms with Crippen LogP contribution in [0.15, 0.2) is 5.10 Å². The molecule has 58 valence electrons. The molecule has 0 spiro atoms. The SMILES string of the molecule is CCC1N(Br)C=NN1CC. The predicted molar refractivity (Wildman–Crippen MR) is 45.7 cm³/mol. The summed E-state index contributed by atoms with van der Waals surface area (Å²) in [6, 6.07) is 0. The zero-order valence-corrected chi connectivity index (χ0v) is 7.87. The molecule has 3 nitrogen and oxygen atoms in total. The van der Waals surface area contributed by atoms with Crippen LogP contribution in [-0.4, -0.2) is 28.0 Å². The van der Waals surface area contributed by atoms with Gasteiger partial charge in [-0.15, -0.1) is 0 Å². The van der Waals surface area contributed by atoms with Gasteiger partial charge in [-0.1, -0.05) is 6.92 Å². The quantitative estimate of drug-likeness (QED) is 0.639. The maximum atomic E-state index is 4.17. The monoisotopic (exact) mass is 205 g/mol. The summed E-state index contributed by atoms with van der Waals surface area (Å²) in [4.78, 5) is 0. The average Bonchev–Trinajstić information content (AvgIpc) is 2.30. The third-order valence-electron chi connectivity index (χ3n) is 1.63. The Morgan fingerprint density at radius 3 is 2.70 bits per heavy atom. The molecule has 0 aliphatic carbocycles. The lowest BCUT2D eigenvalue weighted by molar-refractivity contribution is 0.187. The van der Waals surface area contributed by atoms with E-state index in [9.17, 15) is 0 Å². The minimum atomic E-state index is 0.407. The topological polar surface area (TPSA) is 18.8 Å². The molecule has 0 N–H and O–H groups in total. The largest absolute Gasteiger partial charge is 0.274 e. The first-order valence-corrected chi connectivity index (χ1v) is 4.25. The Bertz CT molecular complexity index is 137. The second kappa shape index (κ2) is 3.23. The fourth-order valence-electron chi connectivity index (χ4n) is 1.07. The Labute approximate surface area is 70.0 Å². The highest BCUT2D eigenvalue weighted by molar-refractivity contribution is 9.07. The normalized spacial score (nSPS) is 24.5. The smallest absolute Gasteiger partial charge is 0.129 e. The molecule has 1 heterocycles. The molecule has 1 aliphatic rings. The summed E-state index contributed by atoms with van der Waals surface area (Å²) >= 11 is 3.39. The molecule has 0 fully saturated rings. The van der Waals surface area contributed by atoms with Crippen molar-refractivity contribution in [3.8, 4) is 0 Å². The Balaban J connectivity index is 2.53. The lowest BCUT2D eigenvalue weighted by atomic mass is 10.4. The third kappa shape index (κ3) is 1.26. The van der Waals surface area contributed by atoms with Crippen LogP contribution in [-0.2, 0) is 0 Å². The summed E-state index contributed by atoms with van der Waals surface area (Å²) in [6.07, 6.45) is 3.29. The Morgan fingerprint density at radius 1 is 1.60 bits per heavy atom. The Kier molecular flexibility index (Phi) is 2.54. The molecule has 0 aromatic rings. The molecule has 0 amide bonds. The van der Waals surface area contributed by atoms with Gasteiger partial charge in [0.05, 0.1) is 16.1 Å². The molecule has 0 bridgehead atoms. The van der Waals surface area contributed by atoms with Crippen molar-refractivity contribution in [2.45, 2.75) is 26.4 Å². The van der Waals surface area contributed by atoms with Crippen molar-refractivity contribution in [1.82, 2.24) is 8.93 Å². The highest BCUT2D eigenvalue weighted by atomic mass is 79.9. The first-order valence-electron chi connectivity index (χ1n) is 3.54. The first-order chi connectivity index (χ1) is 4.79. The van der Waals surface area contributed by atoms with Gasteiger partial charge in [0, 0.05) is 6.54 Å². The molecular weight excluding hydrogens is 194 g/mol. The molecule has 0 radical (unpaired) electrons. The van der Waals surface area contributed by atoms with Gasteiger partial charge >= 0.3 is 0 Å². The molecule has 10 heavy (non-hydrogen) atoms. The van der Waals surface area contributed by atoms with Crippen LogP contribution < -0.4 is 0 Å². The summed E-state index contributed by atoms with van der Waals surface area (Å²) in [5.74, 6) is 0. The molecule has 0 aromatic carbocycles. The summed E-state index contributed by atoms with van der Waals surface area (Å²) in [5.41, 5.74) is 0. The second-order valence-electron chi connectivity index (χ2n) is 2.22. The number of hydrogen-bond donors (Lipinski definition) is 0. The maximum absolute atomic E-state index is 4.17. The lowest BCUT2D eigenvalue weighted by Gasteiger charge is -2.23. The minimum absolute atomic E-state index is 0.407. The van der Waals surface area contributed by atoms with E-state index in [1.165, 1.54) is 0 Å². The van der Waals surface area contributed by atoms with Crippen molar-refractivity contribution >= 4 is 22.5 Å². The molecular formula is C6H12BrN3. The van der Waals surface area contributed by atoms with Gasteiger partial charge in [-0.05, 0) is 13.3 Å². The van der Waals surface area contributed by atoms with E-state index in [1.807, 2.05) is 3.93 Å². The van der Waals surface area contributed by atoms with Crippen LogP contribution in [0.5, 0.6) is 0 Å². The van der Waals surface area contributed by atoms with Crippen LogP contribution in [0.25, 0.3) is 0 Å². The number of nitrogens with zero attached hydrogens (tertiary/aromatic N) is 3. The van der Waals surface area contributed by atoms with Gasteiger partial charge in [-0.2, -0.15) is 5.10 Å². The molecule has 1 atom stereocenters. The number of hydrazone groups is 1. The van der Waals surface area contributed by atoms with Crippen LogP contribution >= 0.6 is 16.1 Å². The van der Waals surface area contributed by atoms with E-state index in [4.69, 9.17) is 0 Å². The van der Waals surface area contributed by atoms with Crippen molar-refractivity contribution in [3.05, 3.63) is 0 Å². The van der Waals surface area contributed by atoms with Gasteiger partial charge in [-0.3, -0.25) is 8.93 Å². The van der Waals surface area contributed by atoms with Crippen molar-refractivity contribution in [1.29, 1.82) is 0 Å². The third-order valence-corrected chi connectivity index (χ3v) is 2.28. The van der Waals surface area contributed by atoms with Crippen molar-refractivity contribution < 1.29 is 0 Å². The number of rotatable bonds is 2. The van der Waals surface area contributed by atoms with Crippen molar-refractivity contribution in [3.63, 3.8) is 0 Å². The maximum Gasteiger partial charge on any atom is 0.129 e. The number of hydrogen-bond acceptors (Lipinski definition) is 3. The molecule has 4 heteroatoms. The predicted octanol–water partition coefficient (Wildman–Crippen LogP) is 1.61. The lowest BCUT2D eigenvalue weighted by Crippen LogP contribution is -2.33. The number of halogens is 1. The fourth-order valence-corrected chi connectivity index (χ4v) is 1.66. The van der Waals surface area contributed by atoms with E-state index in [-0.39, 0.29) is 0 Å². The summed E-state index contributed by atoms with van der Waals surface area (Å²) in [6.45, 7) is 5.22. The summed E-state index contributed by atoms with van der Waals surface area (Å²) in [7, 11) is 0. The second-order valence-corrected chi connectivity index (χ2v) is 3.04. The zero-order valence-electron chi connectivity index (χ0n) is 6.29. The van der Waals surface area contributed by atoms with Gasteiger partial charge in [0.2, 0.25) is 0 Å². The van der Waals surface area contributed by atoms with Gasteiger partial charge in [0.1, 0.15) is 12.5 Å². The summed E-state index contributed by atoms with van der Waals surface area (Å²) in [5, 5.41) is 6.23. The Morgan fingerprint density at radius 2 is 2.30 bits per heavy atom. The molecule has 0 saturated heterocycles. The van der Waals surface area contributed by atoms with Crippen molar-refractivity contribution in [2.24, 2.45) is 5.10 Å². The van der Waals surface area contributed by atoms with Crippen LogP contribution in [0, 0.1) is 0 Å². The molecule has 1 unspecified atom stereocenters. The van der Waals surface area contributed by atoms with Crippen LogP contribution in [0.3, 0.4) is 0 Å². The van der Waals surface area contributed by atoms with E-state index < -0.39 is 0 Å². The van der Waals surface area contributed by atoms with E-state index in [1.54, 1.807) is 6.34 Å². The molecule has 1 aliphatic heterocycles. The zero-order chi connectivity index (χ0) is 7.56. The Hall–Kier alpha value is -0.250.